The van der Waals surface area contributed by atoms with Crippen molar-refractivity contribution in [1.29, 1.82) is 0 Å². The second-order valence-electron chi connectivity index (χ2n) is 5.85. The standard InChI is InChI=1S/C18H34O4/c1-4-7-10-11-12-16(18(20)22-14-9-6-3)15-17(19)21-13-8-5-2/h16H,4-15H2,1-3H3. The van der Waals surface area contributed by atoms with Crippen LogP contribution in [0.25, 0.3) is 0 Å². The van der Waals surface area contributed by atoms with E-state index in [1.165, 1.54) is 6.42 Å². The summed E-state index contributed by atoms with van der Waals surface area (Å²) in [4.78, 5) is 23.9. The minimum Gasteiger partial charge on any atom is -0.466 e. The Kier molecular flexibility index (Phi) is 14.1. The molecule has 0 spiro atoms. The molecule has 0 amide bonds. The second-order valence-corrected chi connectivity index (χ2v) is 5.85. The van der Waals surface area contributed by atoms with Crippen LogP contribution in [-0.2, 0) is 19.1 Å². The van der Waals surface area contributed by atoms with E-state index in [4.69, 9.17) is 9.47 Å². The van der Waals surface area contributed by atoms with Gasteiger partial charge in [-0.1, -0.05) is 59.3 Å². The summed E-state index contributed by atoms with van der Waals surface area (Å²) in [7, 11) is 0. The highest BCUT2D eigenvalue weighted by Gasteiger charge is 2.23. The molecule has 0 aliphatic carbocycles. The Balaban J connectivity index is 4.24. The first-order valence-corrected chi connectivity index (χ1v) is 8.97. The van der Waals surface area contributed by atoms with Crippen molar-refractivity contribution in [3.63, 3.8) is 0 Å². The second kappa shape index (κ2) is 14.9. The molecule has 0 aromatic heterocycles. The number of carbonyl (C=O) groups excluding carboxylic acids is 2. The van der Waals surface area contributed by atoms with Gasteiger partial charge in [-0.25, -0.2) is 0 Å². The van der Waals surface area contributed by atoms with E-state index in [1.807, 2.05) is 0 Å². The van der Waals surface area contributed by atoms with Crippen LogP contribution in [0.15, 0.2) is 0 Å². The van der Waals surface area contributed by atoms with Crippen LogP contribution < -0.4 is 0 Å². The Morgan fingerprint density at radius 3 is 1.95 bits per heavy atom. The average molecular weight is 314 g/mol. The monoisotopic (exact) mass is 314 g/mol. The molecule has 0 N–H and O–H groups in total. The number of rotatable bonds is 14. The maximum Gasteiger partial charge on any atom is 0.309 e. The number of unbranched alkanes of at least 4 members (excludes halogenated alkanes) is 5. The van der Waals surface area contributed by atoms with Crippen molar-refractivity contribution >= 4 is 11.9 Å². The molecule has 130 valence electrons. The number of carbonyl (C=O) groups is 2. The van der Waals surface area contributed by atoms with Gasteiger partial charge in [0, 0.05) is 0 Å². The van der Waals surface area contributed by atoms with Crippen molar-refractivity contribution in [2.45, 2.75) is 85.0 Å². The van der Waals surface area contributed by atoms with Crippen molar-refractivity contribution in [2.75, 3.05) is 13.2 Å². The molecule has 0 aliphatic heterocycles. The first kappa shape index (κ1) is 20.9. The third kappa shape index (κ3) is 11.6. The Labute approximate surface area is 135 Å². The Morgan fingerprint density at radius 2 is 1.36 bits per heavy atom. The fourth-order valence-corrected chi connectivity index (χ4v) is 2.15. The molecule has 0 rings (SSSR count). The smallest absolute Gasteiger partial charge is 0.309 e. The van der Waals surface area contributed by atoms with Gasteiger partial charge in [0.05, 0.1) is 25.6 Å². The summed E-state index contributed by atoms with van der Waals surface area (Å²) in [6.07, 6.45) is 8.98. The molecule has 0 aromatic carbocycles. The topological polar surface area (TPSA) is 52.6 Å². The van der Waals surface area contributed by atoms with E-state index in [9.17, 15) is 9.59 Å². The van der Waals surface area contributed by atoms with E-state index < -0.39 is 0 Å². The molecule has 0 saturated heterocycles. The van der Waals surface area contributed by atoms with Gasteiger partial charge in [-0.3, -0.25) is 9.59 Å². The summed E-state index contributed by atoms with van der Waals surface area (Å²) in [6.45, 7) is 7.16. The van der Waals surface area contributed by atoms with E-state index in [2.05, 4.69) is 20.8 Å². The van der Waals surface area contributed by atoms with Crippen LogP contribution in [0.4, 0.5) is 0 Å². The number of hydrogen-bond acceptors (Lipinski definition) is 4. The summed E-state index contributed by atoms with van der Waals surface area (Å²) in [6, 6.07) is 0. The molecule has 4 nitrogen and oxygen atoms in total. The van der Waals surface area contributed by atoms with Crippen molar-refractivity contribution in [1.82, 2.24) is 0 Å². The van der Waals surface area contributed by atoms with Crippen LogP contribution in [0, 0.1) is 5.92 Å². The third-order valence-corrected chi connectivity index (χ3v) is 3.66. The lowest BCUT2D eigenvalue weighted by Crippen LogP contribution is -2.23. The highest BCUT2D eigenvalue weighted by molar-refractivity contribution is 5.79. The van der Waals surface area contributed by atoms with Gasteiger partial charge in [-0.2, -0.15) is 0 Å². The molecule has 0 radical (unpaired) electrons. The summed E-state index contributed by atoms with van der Waals surface area (Å²) < 4.78 is 10.5. The molecule has 0 aliphatic rings. The first-order valence-electron chi connectivity index (χ1n) is 8.97. The molecule has 1 unspecified atom stereocenters. The molecule has 0 fully saturated rings. The lowest BCUT2D eigenvalue weighted by atomic mass is 9.97. The molecule has 4 heteroatoms. The molecular formula is C18H34O4. The van der Waals surface area contributed by atoms with Crippen molar-refractivity contribution in [2.24, 2.45) is 5.92 Å². The zero-order valence-electron chi connectivity index (χ0n) is 14.7. The molecule has 0 bridgehead atoms. The molecular weight excluding hydrogens is 280 g/mol. The predicted octanol–water partition coefficient (Wildman–Crippen LogP) is 4.65. The fraction of sp³-hybridized carbons (Fsp3) is 0.889. The third-order valence-electron chi connectivity index (χ3n) is 3.66. The van der Waals surface area contributed by atoms with E-state index in [0.717, 1.165) is 44.9 Å². The van der Waals surface area contributed by atoms with Gasteiger partial charge >= 0.3 is 11.9 Å². The van der Waals surface area contributed by atoms with Crippen LogP contribution in [0.3, 0.4) is 0 Å². The van der Waals surface area contributed by atoms with Gasteiger partial charge in [0.25, 0.3) is 0 Å². The van der Waals surface area contributed by atoms with Crippen LogP contribution in [0.2, 0.25) is 0 Å². The van der Waals surface area contributed by atoms with Crippen LogP contribution in [0.1, 0.15) is 85.0 Å². The van der Waals surface area contributed by atoms with Crippen LogP contribution in [-0.4, -0.2) is 25.2 Å². The van der Waals surface area contributed by atoms with Crippen molar-refractivity contribution in [3.05, 3.63) is 0 Å². The van der Waals surface area contributed by atoms with E-state index in [-0.39, 0.29) is 24.3 Å². The minimum absolute atomic E-state index is 0.154. The molecule has 22 heavy (non-hydrogen) atoms. The number of hydrogen-bond donors (Lipinski definition) is 0. The summed E-state index contributed by atoms with van der Waals surface area (Å²) >= 11 is 0. The first-order chi connectivity index (χ1) is 10.7. The average Bonchev–Trinajstić information content (AvgIpc) is 2.50. The normalized spacial score (nSPS) is 12.0. The largest absolute Gasteiger partial charge is 0.466 e. The van der Waals surface area contributed by atoms with Gasteiger partial charge in [-0.05, 0) is 19.3 Å². The highest BCUT2D eigenvalue weighted by Crippen LogP contribution is 2.17. The summed E-state index contributed by atoms with van der Waals surface area (Å²) in [5, 5.41) is 0. The van der Waals surface area contributed by atoms with Gasteiger partial charge in [-0.15, -0.1) is 0 Å². The van der Waals surface area contributed by atoms with Gasteiger partial charge in [0.2, 0.25) is 0 Å². The van der Waals surface area contributed by atoms with Crippen LogP contribution in [0.5, 0.6) is 0 Å². The van der Waals surface area contributed by atoms with Crippen LogP contribution >= 0.6 is 0 Å². The Bertz CT molecular complexity index is 289. The van der Waals surface area contributed by atoms with Gasteiger partial charge < -0.3 is 9.47 Å². The number of ether oxygens (including phenoxy) is 2. The fourth-order valence-electron chi connectivity index (χ4n) is 2.15. The SMILES string of the molecule is CCCCCCC(CC(=O)OCCCC)C(=O)OCCCC. The highest BCUT2D eigenvalue weighted by atomic mass is 16.5. The van der Waals surface area contributed by atoms with Gasteiger partial charge in [0.1, 0.15) is 0 Å². The molecule has 0 heterocycles. The zero-order valence-corrected chi connectivity index (χ0v) is 14.7. The van der Waals surface area contributed by atoms with E-state index in [1.54, 1.807) is 0 Å². The maximum atomic E-state index is 12.1. The van der Waals surface area contributed by atoms with E-state index >= 15 is 0 Å². The predicted molar refractivity (Wildman–Crippen MR) is 88.6 cm³/mol. The molecule has 0 saturated carbocycles. The lowest BCUT2D eigenvalue weighted by molar-refractivity contribution is -0.155. The molecule has 1 atom stereocenters. The minimum atomic E-state index is -0.345. The summed E-state index contributed by atoms with van der Waals surface area (Å²) in [5.41, 5.74) is 0. The Hall–Kier alpha value is -1.06. The quantitative estimate of drug-likeness (QED) is 0.346. The summed E-state index contributed by atoms with van der Waals surface area (Å²) in [5.74, 6) is -0.860. The van der Waals surface area contributed by atoms with Gasteiger partial charge in [0.15, 0.2) is 0 Å². The van der Waals surface area contributed by atoms with E-state index in [0.29, 0.717) is 19.6 Å². The van der Waals surface area contributed by atoms with Crippen molar-refractivity contribution in [3.8, 4) is 0 Å². The van der Waals surface area contributed by atoms with Crippen molar-refractivity contribution < 1.29 is 19.1 Å². The lowest BCUT2D eigenvalue weighted by Gasteiger charge is -2.15. The number of esters is 2. The zero-order chi connectivity index (χ0) is 16.6. The maximum absolute atomic E-state index is 12.1. The molecule has 0 aromatic rings. The Morgan fingerprint density at radius 1 is 0.773 bits per heavy atom.